The molecule has 2 heterocycles. The molecule has 0 aliphatic heterocycles. The second-order valence-electron chi connectivity index (χ2n) is 7.54. The summed E-state index contributed by atoms with van der Waals surface area (Å²) in [5.74, 6) is 1.46. The van der Waals surface area contributed by atoms with Crippen LogP contribution in [0.5, 0.6) is 0 Å². The number of halogens is 1. The summed E-state index contributed by atoms with van der Waals surface area (Å²) in [6.07, 6.45) is 7.11. The number of hydrogen-bond donors (Lipinski definition) is 1. The van der Waals surface area contributed by atoms with Crippen molar-refractivity contribution in [3.05, 3.63) is 66.5 Å². The standard InChI is InChI=1S/C23H23FN4O/c1-15(29)17-4-2-5-18(12-17)23-27-21(16-8-10-25-11-9-16)14-22(28-23)26-20-7-3-6-19(24)13-20/h3,6-11,13-14,17-18H,2,4-5,12H2,1H3,(H,26,27,28). The topological polar surface area (TPSA) is 67.8 Å². The number of nitrogens with one attached hydrogen (secondary N) is 1. The van der Waals surface area contributed by atoms with E-state index in [1.54, 1.807) is 31.5 Å². The number of benzene rings is 1. The van der Waals surface area contributed by atoms with Crippen molar-refractivity contribution in [2.45, 2.75) is 38.5 Å². The van der Waals surface area contributed by atoms with Gasteiger partial charge in [-0.1, -0.05) is 12.5 Å². The predicted octanol–water partition coefficient (Wildman–Crippen LogP) is 5.28. The van der Waals surface area contributed by atoms with E-state index in [4.69, 9.17) is 9.97 Å². The molecule has 0 amide bonds. The predicted molar refractivity (Wildman–Crippen MR) is 110 cm³/mol. The van der Waals surface area contributed by atoms with Gasteiger partial charge in [-0.2, -0.15) is 0 Å². The second-order valence-corrected chi connectivity index (χ2v) is 7.54. The molecule has 1 aromatic carbocycles. The Morgan fingerprint density at radius 2 is 1.93 bits per heavy atom. The van der Waals surface area contributed by atoms with E-state index in [1.807, 2.05) is 18.2 Å². The summed E-state index contributed by atoms with van der Waals surface area (Å²) in [5.41, 5.74) is 2.34. The molecule has 0 radical (unpaired) electrons. The molecule has 2 aromatic heterocycles. The van der Waals surface area contributed by atoms with E-state index in [2.05, 4.69) is 10.3 Å². The first-order valence-corrected chi connectivity index (χ1v) is 9.91. The zero-order valence-corrected chi connectivity index (χ0v) is 16.3. The molecule has 1 fully saturated rings. The Labute approximate surface area is 169 Å². The highest BCUT2D eigenvalue weighted by Gasteiger charge is 2.28. The fraction of sp³-hybridized carbons (Fsp3) is 0.304. The lowest BCUT2D eigenvalue weighted by molar-refractivity contribution is -0.121. The number of rotatable bonds is 5. The summed E-state index contributed by atoms with van der Waals surface area (Å²) >= 11 is 0. The van der Waals surface area contributed by atoms with E-state index >= 15 is 0 Å². The number of carbonyl (C=O) groups is 1. The summed E-state index contributed by atoms with van der Waals surface area (Å²) in [6.45, 7) is 1.66. The zero-order valence-electron chi connectivity index (χ0n) is 16.3. The van der Waals surface area contributed by atoms with Gasteiger partial charge in [0.05, 0.1) is 5.69 Å². The Kier molecular flexibility index (Phi) is 5.60. The van der Waals surface area contributed by atoms with Gasteiger partial charge in [0.1, 0.15) is 23.2 Å². The summed E-state index contributed by atoms with van der Waals surface area (Å²) in [5, 5.41) is 3.19. The molecule has 1 saturated carbocycles. The largest absolute Gasteiger partial charge is 0.340 e. The number of pyridine rings is 1. The third-order valence-electron chi connectivity index (χ3n) is 5.43. The van der Waals surface area contributed by atoms with Crippen LogP contribution in [0.25, 0.3) is 11.3 Å². The van der Waals surface area contributed by atoms with Crippen LogP contribution in [0.4, 0.5) is 15.9 Å². The first-order valence-electron chi connectivity index (χ1n) is 9.91. The first-order chi connectivity index (χ1) is 14.1. The van der Waals surface area contributed by atoms with Crippen molar-refractivity contribution >= 4 is 17.3 Å². The molecule has 148 valence electrons. The van der Waals surface area contributed by atoms with Crippen LogP contribution >= 0.6 is 0 Å². The van der Waals surface area contributed by atoms with Gasteiger partial charge in [0, 0.05) is 41.5 Å². The van der Waals surface area contributed by atoms with Crippen molar-refractivity contribution in [2.75, 3.05) is 5.32 Å². The molecule has 1 aliphatic carbocycles. The minimum atomic E-state index is -0.310. The Morgan fingerprint density at radius 1 is 1.10 bits per heavy atom. The summed E-state index contributed by atoms with van der Waals surface area (Å²) < 4.78 is 13.6. The van der Waals surface area contributed by atoms with Crippen LogP contribution in [0.1, 0.15) is 44.3 Å². The number of hydrogen-bond acceptors (Lipinski definition) is 5. The summed E-state index contributed by atoms with van der Waals surface area (Å²) in [6, 6.07) is 11.9. The monoisotopic (exact) mass is 390 g/mol. The average molecular weight is 390 g/mol. The molecule has 0 spiro atoms. The van der Waals surface area contributed by atoms with Gasteiger partial charge in [-0.15, -0.1) is 0 Å². The molecule has 1 aliphatic rings. The maximum Gasteiger partial charge on any atom is 0.134 e. The Bertz CT molecular complexity index is 1010. The van der Waals surface area contributed by atoms with Gasteiger partial charge >= 0.3 is 0 Å². The normalized spacial score (nSPS) is 19.0. The maximum absolute atomic E-state index is 13.6. The van der Waals surface area contributed by atoms with E-state index in [1.165, 1.54) is 12.1 Å². The molecule has 2 atom stereocenters. The number of anilines is 2. The van der Waals surface area contributed by atoms with E-state index < -0.39 is 0 Å². The maximum atomic E-state index is 13.6. The first kappa shape index (κ1) is 19.2. The molecule has 0 saturated heterocycles. The van der Waals surface area contributed by atoms with Crippen molar-refractivity contribution in [3.63, 3.8) is 0 Å². The minimum Gasteiger partial charge on any atom is -0.340 e. The van der Waals surface area contributed by atoms with Crippen molar-refractivity contribution in [1.82, 2.24) is 15.0 Å². The van der Waals surface area contributed by atoms with Gasteiger partial charge in [0.15, 0.2) is 0 Å². The molecule has 5 nitrogen and oxygen atoms in total. The number of carbonyl (C=O) groups excluding carboxylic acids is 1. The number of nitrogens with zero attached hydrogens (tertiary/aromatic N) is 3. The number of Topliss-reactive ketones (excluding diaryl/α,β-unsaturated/α-hetero) is 1. The van der Waals surface area contributed by atoms with Gasteiger partial charge < -0.3 is 5.32 Å². The second kappa shape index (κ2) is 8.47. The minimum absolute atomic E-state index is 0.0709. The molecular weight excluding hydrogens is 367 g/mol. The van der Waals surface area contributed by atoms with Crippen LogP contribution in [-0.2, 0) is 4.79 Å². The molecule has 3 aromatic rings. The Balaban J connectivity index is 1.71. The molecule has 2 unspecified atom stereocenters. The van der Waals surface area contributed by atoms with Crippen LogP contribution in [0, 0.1) is 11.7 Å². The van der Waals surface area contributed by atoms with Crippen LogP contribution in [-0.4, -0.2) is 20.7 Å². The van der Waals surface area contributed by atoms with Crippen molar-refractivity contribution in [3.8, 4) is 11.3 Å². The van der Waals surface area contributed by atoms with Gasteiger partial charge in [-0.3, -0.25) is 9.78 Å². The highest BCUT2D eigenvalue weighted by molar-refractivity contribution is 5.78. The Hall–Kier alpha value is -3.15. The quantitative estimate of drug-likeness (QED) is 0.642. The SMILES string of the molecule is CC(=O)C1CCCC(c2nc(Nc3cccc(F)c3)cc(-c3ccncc3)n2)C1. The third-order valence-corrected chi connectivity index (χ3v) is 5.43. The van der Waals surface area contributed by atoms with Crippen molar-refractivity contribution in [1.29, 1.82) is 0 Å². The summed E-state index contributed by atoms with van der Waals surface area (Å²) in [4.78, 5) is 25.5. The molecular formula is C23H23FN4O. The molecule has 1 N–H and O–H groups in total. The lowest BCUT2D eigenvalue weighted by Crippen LogP contribution is -2.21. The lowest BCUT2D eigenvalue weighted by Gasteiger charge is -2.27. The van der Waals surface area contributed by atoms with Crippen LogP contribution in [0.15, 0.2) is 54.9 Å². The summed E-state index contributed by atoms with van der Waals surface area (Å²) in [7, 11) is 0. The van der Waals surface area contributed by atoms with Crippen LogP contribution in [0.2, 0.25) is 0 Å². The average Bonchev–Trinajstić information content (AvgIpc) is 2.74. The Morgan fingerprint density at radius 3 is 2.69 bits per heavy atom. The zero-order chi connectivity index (χ0) is 20.2. The van der Waals surface area contributed by atoms with E-state index in [9.17, 15) is 9.18 Å². The van der Waals surface area contributed by atoms with Crippen molar-refractivity contribution < 1.29 is 9.18 Å². The molecule has 0 bridgehead atoms. The molecule has 29 heavy (non-hydrogen) atoms. The van der Waals surface area contributed by atoms with Crippen molar-refractivity contribution in [2.24, 2.45) is 5.92 Å². The van der Waals surface area contributed by atoms with E-state index in [-0.39, 0.29) is 23.4 Å². The van der Waals surface area contributed by atoms with E-state index in [0.717, 1.165) is 42.8 Å². The van der Waals surface area contributed by atoms with E-state index in [0.29, 0.717) is 11.5 Å². The molecule has 4 rings (SSSR count). The lowest BCUT2D eigenvalue weighted by atomic mass is 9.79. The molecule has 6 heteroatoms. The van der Waals surface area contributed by atoms with Gasteiger partial charge in [0.2, 0.25) is 0 Å². The van der Waals surface area contributed by atoms with Crippen LogP contribution < -0.4 is 5.32 Å². The highest BCUT2D eigenvalue weighted by Crippen LogP contribution is 2.36. The number of ketones is 1. The van der Waals surface area contributed by atoms with Gasteiger partial charge in [-0.25, -0.2) is 14.4 Å². The fourth-order valence-corrected chi connectivity index (χ4v) is 3.89. The number of aromatic nitrogens is 3. The highest BCUT2D eigenvalue weighted by atomic mass is 19.1. The third kappa shape index (κ3) is 4.65. The van der Waals surface area contributed by atoms with Gasteiger partial charge in [0.25, 0.3) is 0 Å². The van der Waals surface area contributed by atoms with Gasteiger partial charge in [-0.05, 0) is 56.5 Å². The van der Waals surface area contributed by atoms with Crippen LogP contribution in [0.3, 0.4) is 0 Å². The fourth-order valence-electron chi connectivity index (χ4n) is 3.89. The smallest absolute Gasteiger partial charge is 0.134 e.